The van der Waals surface area contributed by atoms with Crippen molar-refractivity contribution in [1.29, 1.82) is 0 Å². The lowest BCUT2D eigenvalue weighted by molar-refractivity contribution is 0.0800. The van der Waals surface area contributed by atoms with E-state index in [1.54, 1.807) is 0 Å². The smallest absolute Gasteiger partial charge is 0.254 e. The van der Waals surface area contributed by atoms with Crippen LogP contribution in [-0.4, -0.2) is 23.9 Å². The van der Waals surface area contributed by atoms with Gasteiger partial charge in [-0.05, 0) is 24.1 Å². The van der Waals surface area contributed by atoms with Crippen LogP contribution in [0.15, 0.2) is 36.4 Å². The number of hydrogen-bond donors (Lipinski definition) is 0. The Bertz CT molecular complexity index is 370. The second-order valence-electron chi connectivity index (χ2n) is 3.73. The standard InChI is InChI=1S/C13H15NO/c1-2-11-5-7-12(8-6-11)13(15)14-9-3-4-10-14/h3-8H,2,9-10H2,1H3. The Kier molecular flexibility index (Phi) is 2.86. The van der Waals surface area contributed by atoms with Crippen molar-refractivity contribution in [3.8, 4) is 0 Å². The molecule has 1 aliphatic rings. The summed E-state index contributed by atoms with van der Waals surface area (Å²) in [6.07, 6.45) is 5.07. The highest BCUT2D eigenvalue weighted by Crippen LogP contribution is 2.10. The van der Waals surface area contributed by atoms with Gasteiger partial charge in [-0.3, -0.25) is 4.79 Å². The van der Waals surface area contributed by atoms with Gasteiger partial charge in [0.1, 0.15) is 0 Å². The van der Waals surface area contributed by atoms with Crippen molar-refractivity contribution in [3.63, 3.8) is 0 Å². The molecule has 78 valence electrons. The van der Waals surface area contributed by atoms with Crippen LogP contribution in [0.25, 0.3) is 0 Å². The normalized spacial score (nSPS) is 14.6. The van der Waals surface area contributed by atoms with E-state index in [9.17, 15) is 4.79 Å². The molecule has 0 radical (unpaired) electrons. The van der Waals surface area contributed by atoms with E-state index >= 15 is 0 Å². The first-order chi connectivity index (χ1) is 7.31. The summed E-state index contributed by atoms with van der Waals surface area (Å²) in [4.78, 5) is 13.8. The molecule has 2 heteroatoms. The Labute approximate surface area is 90.2 Å². The number of carbonyl (C=O) groups excluding carboxylic acids is 1. The van der Waals surface area contributed by atoms with Crippen LogP contribution in [-0.2, 0) is 6.42 Å². The number of amides is 1. The van der Waals surface area contributed by atoms with Gasteiger partial charge in [-0.25, -0.2) is 0 Å². The molecule has 1 aromatic rings. The molecule has 1 aromatic carbocycles. The van der Waals surface area contributed by atoms with E-state index < -0.39 is 0 Å². The third kappa shape index (κ3) is 2.09. The van der Waals surface area contributed by atoms with Gasteiger partial charge in [-0.15, -0.1) is 0 Å². The molecule has 0 saturated carbocycles. The molecule has 1 heterocycles. The van der Waals surface area contributed by atoms with Gasteiger partial charge in [-0.1, -0.05) is 31.2 Å². The molecule has 0 aliphatic carbocycles. The molecule has 2 rings (SSSR count). The Hall–Kier alpha value is -1.57. The van der Waals surface area contributed by atoms with Gasteiger partial charge in [0.25, 0.3) is 5.91 Å². The van der Waals surface area contributed by atoms with Gasteiger partial charge >= 0.3 is 0 Å². The maximum Gasteiger partial charge on any atom is 0.254 e. The molecule has 15 heavy (non-hydrogen) atoms. The van der Waals surface area contributed by atoms with E-state index in [0.717, 1.165) is 25.1 Å². The highest BCUT2D eigenvalue weighted by molar-refractivity contribution is 5.94. The Morgan fingerprint density at radius 2 is 1.80 bits per heavy atom. The predicted octanol–water partition coefficient (Wildman–Crippen LogP) is 2.26. The number of carbonyl (C=O) groups is 1. The van der Waals surface area contributed by atoms with Crippen LogP contribution in [0.1, 0.15) is 22.8 Å². The van der Waals surface area contributed by atoms with E-state index in [-0.39, 0.29) is 5.91 Å². The molecule has 0 saturated heterocycles. The Balaban J connectivity index is 2.11. The third-order valence-corrected chi connectivity index (χ3v) is 2.71. The minimum absolute atomic E-state index is 0.127. The van der Waals surface area contributed by atoms with E-state index in [1.165, 1.54) is 5.56 Å². The number of aryl methyl sites for hydroxylation is 1. The van der Waals surface area contributed by atoms with Gasteiger partial charge in [0.2, 0.25) is 0 Å². The van der Waals surface area contributed by atoms with E-state index in [4.69, 9.17) is 0 Å². The average Bonchev–Trinajstić information content (AvgIpc) is 2.82. The summed E-state index contributed by atoms with van der Waals surface area (Å²) in [7, 11) is 0. The molecule has 2 nitrogen and oxygen atoms in total. The van der Waals surface area contributed by atoms with Crippen molar-refractivity contribution in [2.45, 2.75) is 13.3 Å². The van der Waals surface area contributed by atoms with Crippen LogP contribution in [0.2, 0.25) is 0 Å². The van der Waals surface area contributed by atoms with Crippen molar-refractivity contribution >= 4 is 5.91 Å². The van der Waals surface area contributed by atoms with E-state index in [0.29, 0.717) is 0 Å². The van der Waals surface area contributed by atoms with Crippen LogP contribution in [0.5, 0.6) is 0 Å². The third-order valence-electron chi connectivity index (χ3n) is 2.71. The fourth-order valence-electron chi connectivity index (χ4n) is 1.71. The predicted molar refractivity (Wildman–Crippen MR) is 60.9 cm³/mol. The summed E-state index contributed by atoms with van der Waals surface area (Å²) < 4.78 is 0. The Morgan fingerprint density at radius 3 is 2.33 bits per heavy atom. The Morgan fingerprint density at radius 1 is 1.20 bits per heavy atom. The summed E-state index contributed by atoms with van der Waals surface area (Å²) >= 11 is 0. The molecule has 0 N–H and O–H groups in total. The SMILES string of the molecule is CCc1ccc(C(=O)N2CC=CC2)cc1. The first-order valence-corrected chi connectivity index (χ1v) is 5.34. The number of rotatable bonds is 2. The fourth-order valence-corrected chi connectivity index (χ4v) is 1.71. The van der Waals surface area contributed by atoms with Crippen molar-refractivity contribution < 1.29 is 4.79 Å². The van der Waals surface area contributed by atoms with Crippen molar-refractivity contribution in [3.05, 3.63) is 47.5 Å². The summed E-state index contributed by atoms with van der Waals surface area (Å²) in [5, 5.41) is 0. The zero-order valence-corrected chi connectivity index (χ0v) is 8.94. The second kappa shape index (κ2) is 4.30. The monoisotopic (exact) mass is 201 g/mol. The van der Waals surface area contributed by atoms with Gasteiger partial charge in [0, 0.05) is 18.7 Å². The van der Waals surface area contributed by atoms with Crippen molar-refractivity contribution in [2.75, 3.05) is 13.1 Å². The summed E-state index contributed by atoms with van der Waals surface area (Å²) in [6, 6.07) is 7.88. The first-order valence-electron chi connectivity index (χ1n) is 5.34. The van der Waals surface area contributed by atoms with Gasteiger partial charge < -0.3 is 4.90 Å². The highest BCUT2D eigenvalue weighted by atomic mass is 16.2. The zero-order chi connectivity index (χ0) is 10.7. The van der Waals surface area contributed by atoms with E-state index in [2.05, 4.69) is 6.92 Å². The summed E-state index contributed by atoms with van der Waals surface area (Å²) in [5.74, 6) is 0.127. The zero-order valence-electron chi connectivity index (χ0n) is 8.94. The lowest BCUT2D eigenvalue weighted by atomic mass is 10.1. The topological polar surface area (TPSA) is 20.3 Å². The van der Waals surface area contributed by atoms with Crippen molar-refractivity contribution in [2.24, 2.45) is 0 Å². The van der Waals surface area contributed by atoms with Gasteiger partial charge in [0.15, 0.2) is 0 Å². The van der Waals surface area contributed by atoms with Crippen LogP contribution < -0.4 is 0 Å². The molecular weight excluding hydrogens is 186 g/mol. The van der Waals surface area contributed by atoms with Gasteiger partial charge in [0.05, 0.1) is 0 Å². The first kappa shape index (κ1) is 9.97. The maximum absolute atomic E-state index is 11.9. The molecular formula is C13H15NO. The molecule has 1 amide bonds. The second-order valence-corrected chi connectivity index (χ2v) is 3.73. The molecule has 0 aromatic heterocycles. The quantitative estimate of drug-likeness (QED) is 0.672. The largest absolute Gasteiger partial charge is 0.331 e. The molecule has 0 unspecified atom stereocenters. The molecule has 0 bridgehead atoms. The number of nitrogens with zero attached hydrogens (tertiary/aromatic N) is 1. The molecule has 1 aliphatic heterocycles. The van der Waals surface area contributed by atoms with Crippen LogP contribution in [0.4, 0.5) is 0 Å². The number of hydrogen-bond acceptors (Lipinski definition) is 1. The maximum atomic E-state index is 11.9. The van der Waals surface area contributed by atoms with Crippen LogP contribution in [0.3, 0.4) is 0 Å². The lowest BCUT2D eigenvalue weighted by Crippen LogP contribution is -2.28. The minimum atomic E-state index is 0.127. The summed E-state index contributed by atoms with van der Waals surface area (Å²) in [5.41, 5.74) is 2.06. The van der Waals surface area contributed by atoms with Crippen molar-refractivity contribution in [1.82, 2.24) is 4.90 Å². The number of benzene rings is 1. The molecule has 0 spiro atoms. The summed E-state index contributed by atoms with van der Waals surface area (Å²) in [6.45, 7) is 3.60. The highest BCUT2D eigenvalue weighted by Gasteiger charge is 2.15. The van der Waals surface area contributed by atoms with Gasteiger partial charge in [-0.2, -0.15) is 0 Å². The molecule has 0 atom stereocenters. The molecule has 0 fully saturated rings. The van der Waals surface area contributed by atoms with Crippen LogP contribution in [0, 0.1) is 0 Å². The van der Waals surface area contributed by atoms with Crippen LogP contribution >= 0.6 is 0 Å². The van der Waals surface area contributed by atoms with E-state index in [1.807, 2.05) is 41.3 Å². The lowest BCUT2D eigenvalue weighted by Gasteiger charge is -2.15. The average molecular weight is 201 g/mol. The minimum Gasteiger partial charge on any atom is -0.331 e. The fraction of sp³-hybridized carbons (Fsp3) is 0.308.